The number of nitrogens with two attached hydrogens (primary N) is 1. The fourth-order valence-electron chi connectivity index (χ4n) is 4.88. The zero-order valence-corrected chi connectivity index (χ0v) is 16.4. The van der Waals surface area contributed by atoms with Crippen LogP contribution in [0, 0.1) is 11.7 Å². The Hall–Kier alpha value is -2.86. The van der Waals surface area contributed by atoms with Gasteiger partial charge in [-0.1, -0.05) is 12.1 Å². The van der Waals surface area contributed by atoms with Crippen molar-refractivity contribution in [1.29, 1.82) is 0 Å². The van der Waals surface area contributed by atoms with Gasteiger partial charge in [0.1, 0.15) is 5.82 Å². The summed E-state index contributed by atoms with van der Waals surface area (Å²) in [6.07, 6.45) is 5.78. The maximum Gasteiger partial charge on any atom is 0.129 e. The van der Waals surface area contributed by atoms with E-state index < -0.39 is 0 Å². The van der Waals surface area contributed by atoms with Gasteiger partial charge in [-0.05, 0) is 49.1 Å². The number of rotatable bonds is 5. The lowest BCUT2D eigenvalue weighted by molar-refractivity contribution is 0.312. The Balaban J connectivity index is 1.32. The Morgan fingerprint density at radius 3 is 2.66 bits per heavy atom. The molecule has 6 heteroatoms. The maximum absolute atomic E-state index is 14.7. The van der Waals surface area contributed by atoms with E-state index in [9.17, 15) is 4.39 Å². The highest BCUT2D eigenvalue weighted by atomic mass is 19.1. The van der Waals surface area contributed by atoms with Crippen LogP contribution in [0.5, 0.6) is 0 Å². The molecule has 3 N–H and O–H groups in total. The minimum absolute atomic E-state index is 0.0497. The van der Waals surface area contributed by atoms with Gasteiger partial charge >= 0.3 is 0 Å². The molecule has 1 atom stereocenters. The largest absolute Gasteiger partial charge is 0.384 e. The van der Waals surface area contributed by atoms with Crippen molar-refractivity contribution >= 4 is 11.4 Å². The first-order valence-corrected chi connectivity index (χ1v) is 10.4. The van der Waals surface area contributed by atoms with E-state index in [0.717, 1.165) is 55.0 Å². The van der Waals surface area contributed by atoms with Gasteiger partial charge in [-0.15, -0.1) is 0 Å². The highest BCUT2D eigenvalue weighted by Crippen LogP contribution is 2.46. The summed E-state index contributed by atoms with van der Waals surface area (Å²) in [7, 11) is 0. The van der Waals surface area contributed by atoms with Gasteiger partial charge < -0.3 is 20.5 Å². The van der Waals surface area contributed by atoms with E-state index >= 15 is 0 Å². The second kappa shape index (κ2) is 7.52. The van der Waals surface area contributed by atoms with Crippen molar-refractivity contribution in [2.45, 2.75) is 18.9 Å². The average Bonchev–Trinajstić information content (AvgIpc) is 3.35. The molecule has 1 aromatic heterocycles. The number of nitrogens with zero attached hydrogens (tertiary/aromatic N) is 3. The molecule has 0 bridgehead atoms. The molecule has 1 unspecified atom stereocenters. The van der Waals surface area contributed by atoms with Crippen LogP contribution in [0.4, 0.5) is 15.8 Å². The summed E-state index contributed by atoms with van der Waals surface area (Å²) < 4.78 is 16.9. The highest BCUT2D eigenvalue weighted by Gasteiger charge is 2.37. The summed E-state index contributed by atoms with van der Waals surface area (Å²) in [6, 6.07) is 14.0. The van der Waals surface area contributed by atoms with E-state index in [2.05, 4.69) is 44.0 Å². The predicted octanol–water partition coefficient (Wildman–Crippen LogP) is 3.88. The van der Waals surface area contributed by atoms with Crippen molar-refractivity contribution in [2.75, 3.05) is 36.4 Å². The van der Waals surface area contributed by atoms with Crippen LogP contribution in [0.15, 0.2) is 55.0 Å². The molecule has 1 saturated heterocycles. The van der Waals surface area contributed by atoms with Crippen molar-refractivity contribution < 1.29 is 4.39 Å². The van der Waals surface area contributed by atoms with Crippen molar-refractivity contribution in [3.63, 3.8) is 0 Å². The number of aromatic nitrogens is 2. The molecule has 3 heterocycles. The van der Waals surface area contributed by atoms with E-state index in [4.69, 9.17) is 5.73 Å². The lowest BCUT2D eigenvalue weighted by atomic mass is 9.85. The summed E-state index contributed by atoms with van der Waals surface area (Å²) >= 11 is 0. The number of nitrogens with one attached hydrogen (secondary N) is 1. The normalized spacial score (nSPS) is 18.6. The quantitative estimate of drug-likeness (QED) is 0.693. The second-order valence-electron chi connectivity index (χ2n) is 7.92. The molecule has 5 rings (SSSR count). The van der Waals surface area contributed by atoms with Gasteiger partial charge in [0.15, 0.2) is 0 Å². The minimum Gasteiger partial charge on any atom is -0.384 e. The van der Waals surface area contributed by atoms with Gasteiger partial charge in [0.2, 0.25) is 0 Å². The van der Waals surface area contributed by atoms with Crippen LogP contribution in [-0.4, -0.2) is 35.7 Å². The first-order valence-electron chi connectivity index (χ1n) is 10.4. The molecule has 0 amide bonds. The summed E-state index contributed by atoms with van der Waals surface area (Å²) in [5.41, 5.74) is 10.8. The van der Waals surface area contributed by atoms with Crippen molar-refractivity contribution in [3.05, 3.63) is 66.4 Å². The van der Waals surface area contributed by atoms with Crippen molar-refractivity contribution in [2.24, 2.45) is 11.7 Å². The average molecular weight is 391 g/mol. The fourth-order valence-corrected chi connectivity index (χ4v) is 4.88. The maximum atomic E-state index is 14.7. The lowest BCUT2D eigenvalue weighted by Crippen LogP contribution is -2.36. The third-order valence-electron chi connectivity index (χ3n) is 6.28. The van der Waals surface area contributed by atoms with Crippen molar-refractivity contribution in [3.8, 4) is 11.3 Å². The first kappa shape index (κ1) is 18.2. The molecule has 0 spiro atoms. The Labute approximate surface area is 170 Å². The monoisotopic (exact) mass is 391 g/mol. The summed E-state index contributed by atoms with van der Waals surface area (Å²) in [5, 5.41) is 3.30. The van der Waals surface area contributed by atoms with Gasteiger partial charge in [0.05, 0.1) is 24.3 Å². The molecule has 0 saturated carbocycles. The number of piperidine rings is 1. The summed E-state index contributed by atoms with van der Waals surface area (Å²) in [4.78, 5) is 6.75. The molecule has 150 valence electrons. The fraction of sp³-hybridized carbons (Fsp3) is 0.348. The zero-order chi connectivity index (χ0) is 19.8. The number of hydrogen-bond donors (Lipinski definition) is 2. The van der Waals surface area contributed by atoms with Gasteiger partial charge in [0.25, 0.3) is 0 Å². The first-order chi connectivity index (χ1) is 14.3. The molecular formula is C23H26FN5. The van der Waals surface area contributed by atoms with E-state index in [1.54, 1.807) is 12.1 Å². The Kier molecular flexibility index (Phi) is 4.72. The highest BCUT2D eigenvalue weighted by molar-refractivity contribution is 5.69. The number of fused-ring (bicyclic) bond motifs is 3. The molecule has 0 aliphatic carbocycles. The van der Waals surface area contributed by atoms with E-state index in [1.807, 2.05) is 18.6 Å². The van der Waals surface area contributed by atoms with Gasteiger partial charge in [-0.2, -0.15) is 0 Å². The lowest BCUT2D eigenvalue weighted by Gasteiger charge is -2.37. The third kappa shape index (κ3) is 3.17. The molecule has 2 aliphatic rings. The second-order valence-corrected chi connectivity index (χ2v) is 7.92. The van der Waals surface area contributed by atoms with Crippen LogP contribution in [-0.2, 0) is 0 Å². The van der Waals surface area contributed by atoms with Gasteiger partial charge in [0, 0.05) is 48.7 Å². The van der Waals surface area contributed by atoms with Gasteiger partial charge in [-0.25, -0.2) is 9.37 Å². The zero-order valence-electron chi connectivity index (χ0n) is 16.4. The molecule has 2 aromatic carbocycles. The van der Waals surface area contributed by atoms with Crippen LogP contribution in [0.3, 0.4) is 0 Å². The van der Waals surface area contributed by atoms with E-state index in [0.29, 0.717) is 12.5 Å². The summed E-state index contributed by atoms with van der Waals surface area (Å²) in [6.45, 7) is 3.36. The SMILES string of the molecule is NCCNc1ccc(N2CCC(C3c4c(F)cccc4-c4cncn43)CC2)cc1. The van der Waals surface area contributed by atoms with Crippen LogP contribution >= 0.6 is 0 Å². The number of benzene rings is 2. The molecule has 2 aliphatic heterocycles. The summed E-state index contributed by atoms with van der Waals surface area (Å²) in [5.74, 6) is 0.307. The smallest absolute Gasteiger partial charge is 0.129 e. The molecular weight excluding hydrogens is 365 g/mol. The van der Waals surface area contributed by atoms with Crippen molar-refractivity contribution in [1.82, 2.24) is 9.55 Å². The van der Waals surface area contributed by atoms with Gasteiger partial charge in [-0.3, -0.25) is 0 Å². The number of hydrogen-bond acceptors (Lipinski definition) is 4. The number of anilines is 2. The molecule has 29 heavy (non-hydrogen) atoms. The third-order valence-corrected chi connectivity index (χ3v) is 6.28. The van der Waals surface area contributed by atoms with E-state index in [-0.39, 0.29) is 11.9 Å². The number of imidazole rings is 1. The molecule has 5 nitrogen and oxygen atoms in total. The van der Waals surface area contributed by atoms with Crippen LogP contribution in [0.1, 0.15) is 24.4 Å². The Bertz CT molecular complexity index is 989. The number of halogens is 1. The Morgan fingerprint density at radius 2 is 1.90 bits per heavy atom. The van der Waals surface area contributed by atoms with Crippen LogP contribution in [0.25, 0.3) is 11.3 Å². The predicted molar refractivity (Wildman–Crippen MR) is 115 cm³/mol. The molecule has 1 fully saturated rings. The molecule has 3 aromatic rings. The topological polar surface area (TPSA) is 59.1 Å². The molecule has 0 radical (unpaired) electrons. The van der Waals surface area contributed by atoms with E-state index in [1.165, 1.54) is 5.69 Å². The standard InChI is InChI=1S/C23H26FN5/c24-20-3-1-2-19-21-14-26-15-29(21)23(22(19)20)16-8-12-28(13-9-16)18-6-4-17(5-7-18)27-11-10-25/h1-7,14-16,23,27H,8-13,25H2. The minimum atomic E-state index is -0.0980. The Morgan fingerprint density at radius 1 is 1.10 bits per heavy atom. The van der Waals surface area contributed by atoms with Crippen LogP contribution < -0.4 is 16.0 Å². The van der Waals surface area contributed by atoms with Crippen LogP contribution in [0.2, 0.25) is 0 Å².